The van der Waals surface area contributed by atoms with Crippen molar-refractivity contribution in [3.8, 4) is 0 Å². The van der Waals surface area contributed by atoms with Crippen LogP contribution in [-0.2, 0) is 11.2 Å². The van der Waals surface area contributed by atoms with E-state index in [1.807, 2.05) is 11.0 Å². The number of likely N-dealkylation sites (tertiary alicyclic amines) is 1. The number of rotatable bonds is 4. The van der Waals surface area contributed by atoms with E-state index in [9.17, 15) is 9.18 Å². The monoisotopic (exact) mass is 358 g/mol. The van der Waals surface area contributed by atoms with Gasteiger partial charge in [-0.1, -0.05) is 32.9 Å². The van der Waals surface area contributed by atoms with Gasteiger partial charge in [-0.05, 0) is 36.0 Å². The number of piperidine rings is 1. The average Bonchev–Trinajstić information content (AvgIpc) is 3.02. The van der Waals surface area contributed by atoms with Crippen LogP contribution < -0.4 is 0 Å². The zero-order valence-electron chi connectivity index (χ0n) is 15.8. The van der Waals surface area contributed by atoms with E-state index in [1.165, 1.54) is 12.1 Å². The Bertz CT molecular complexity index is 763. The lowest BCUT2D eigenvalue weighted by Crippen LogP contribution is -2.40. The molecule has 0 bridgehead atoms. The van der Waals surface area contributed by atoms with Crippen LogP contribution in [0.25, 0.3) is 0 Å². The maximum Gasteiger partial charge on any atom is 0.223 e. The van der Waals surface area contributed by atoms with Crippen molar-refractivity contribution in [2.45, 2.75) is 52.4 Å². The molecule has 26 heavy (non-hydrogen) atoms. The van der Waals surface area contributed by atoms with E-state index in [0.29, 0.717) is 25.3 Å². The fourth-order valence-electron chi connectivity index (χ4n) is 3.41. The van der Waals surface area contributed by atoms with Crippen molar-refractivity contribution in [3.05, 3.63) is 53.5 Å². The molecule has 1 atom stereocenters. The largest absolute Gasteiger partial charge is 0.445 e. The number of carbonyl (C=O) groups excluding carboxylic acids is 1. The smallest absolute Gasteiger partial charge is 0.223 e. The highest BCUT2D eigenvalue weighted by Crippen LogP contribution is 2.29. The zero-order valence-corrected chi connectivity index (χ0v) is 15.8. The Morgan fingerprint density at radius 2 is 2.19 bits per heavy atom. The van der Waals surface area contributed by atoms with Crippen molar-refractivity contribution in [3.63, 3.8) is 0 Å². The van der Waals surface area contributed by atoms with Crippen molar-refractivity contribution in [1.29, 1.82) is 0 Å². The molecule has 1 saturated heterocycles. The first-order valence-corrected chi connectivity index (χ1v) is 9.27. The summed E-state index contributed by atoms with van der Waals surface area (Å²) in [7, 11) is 0. The van der Waals surface area contributed by atoms with Gasteiger partial charge in [0, 0.05) is 25.9 Å². The Kier molecular flexibility index (Phi) is 5.44. The third kappa shape index (κ3) is 4.93. The molecule has 1 amide bonds. The van der Waals surface area contributed by atoms with Gasteiger partial charge in [0.2, 0.25) is 5.91 Å². The molecule has 5 heteroatoms. The molecule has 2 heterocycles. The second-order valence-corrected chi connectivity index (χ2v) is 8.39. The predicted octanol–water partition coefficient (Wildman–Crippen LogP) is 4.55. The van der Waals surface area contributed by atoms with E-state index in [-0.39, 0.29) is 23.1 Å². The second-order valence-electron chi connectivity index (χ2n) is 8.39. The summed E-state index contributed by atoms with van der Waals surface area (Å²) in [6.07, 6.45) is 4.72. The minimum Gasteiger partial charge on any atom is -0.445 e. The fraction of sp³-hybridized carbons (Fsp3) is 0.524. The van der Waals surface area contributed by atoms with Gasteiger partial charge in [-0.15, -0.1) is 0 Å². The van der Waals surface area contributed by atoms with E-state index < -0.39 is 0 Å². The van der Waals surface area contributed by atoms with Gasteiger partial charge in [-0.3, -0.25) is 4.79 Å². The molecule has 1 aromatic carbocycles. The molecule has 0 saturated carbocycles. The summed E-state index contributed by atoms with van der Waals surface area (Å²) in [6.45, 7) is 7.72. The lowest BCUT2D eigenvalue weighted by atomic mass is 9.90. The number of halogens is 1. The number of oxazole rings is 1. The van der Waals surface area contributed by atoms with Crippen molar-refractivity contribution >= 4 is 5.91 Å². The molecule has 0 aliphatic carbocycles. The summed E-state index contributed by atoms with van der Waals surface area (Å²) < 4.78 is 19.2. The summed E-state index contributed by atoms with van der Waals surface area (Å²) in [5.41, 5.74) is 0.851. The van der Waals surface area contributed by atoms with E-state index in [2.05, 4.69) is 25.8 Å². The molecule has 1 aliphatic heterocycles. The highest BCUT2D eigenvalue weighted by Gasteiger charge is 2.29. The quantitative estimate of drug-likeness (QED) is 0.806. The van der Waals surface area contributed by atoms with Crippen LogP contribution in [0.1, 0.15) is 63.2 Å². The van der Waals surface area contributed by atoms with Gasteiger partial charge in [0.05, 0.1) is 12.1 Å². The molecule has 0 N–H and O–H groups in total. The van der Waals surface area contributed by atoms with Gasteiger partial charge in [0.1, 0.15) is 11.6 Å². The molecule has 140 valence electrons. The van der Waals surface area contributed by atoms with Gasteiger partial charge >= 0.3 is 0 Å². The van der Waals surface area contributed by atoms with Crippen LogP contribution in [0.4, 0.5) is 4.39 Å². The molecule has 0 radical (unpaired) electrons. The molecule has 1 aliphatic rings. The van der Waals surface area contributed by atoms with Crippen molar-refractivity contribution in [2.24, 2.45) is 5.41 Å². The van der Waals surface area contributed by atoms with Gasteiger partial charge in [-0.25, -0.2) is 9.37 Å². The maximum atomic E-state index is 13.3. The second kappa shape index (κ2) is 7.60. The van der Waals surface area contributed by atoms with Crippen LogP contribution >= 0.6 is 0 Å². The summed E-state index contributed by atoms with van der Waals surface area (Å²) in [6, 6.07) is 6.51. The first kappa shape index (κ1) is 18.6. The molecule has 0 spiro atoms. The van der Waals surface area contributed by atoms with Crippen molar-refractivity contribution in [1.82, 2.24) is 9.88 Å². The molecule has 4 nitrogen and oxygen atoms in total. The fourth-order valence-corrected chi connectivity index (χ4v) is 3.41. The van der Waals surface area contributed by atoms with Gasteiger partial charge < -0.3 is 9.32 Å². The van der Waals surface area contributed by atoms with E-state index in [1.54, 1.807) is 12.3 Å². The van der Waals surface area contributed by atoms with Gasteiger partial charge in [-0.2, -0.15) is 0 Å². The van der Waals surface area contributed by atoms with E-state index in [0.717, 1.165) is 30.7 Å². The van der Waals surface area contributed by atoms with Gasteiger partial charge in [0.15, 0.2) is 5.89 Å². The Hall–Kier alpha value is -2.17. The van der Waals surface area contributed by atoms with Crippen LogP contribution in [0.3, 0.4) is 0 Å². The highest BCUT2D eigenvalue weighted by molar-refractivity contribution is 5.77. The third-order valence-electron chi connectivity index (χ3n) is 4.64. The Balaban J connectivity index is 1.64. The molecular weight excluding hydrogens is 331 g/mol. The lowest BCUT2D eigenvalue weighted by molar-refractivity contribution is -0.134. The van der Waals surface area contributed by atoms with Gasteiger partial charge in [0.25, 0.3) is 0 Å². The minimum absolute atomic E-state index is 0.00884. The minimum atomic E-state index is -0.248. The number of benzene rings is 1. The average molecular weight is 358 g/mol. The summed E-state index contributed by atoms with van der Waals surface area (Å²) in [4.78, 5) is 18.9. The normalized spacial score (nSPS) is 18.2. The summed E-state index contributed by atoms with van der Waals surface area (Å²) >= 11 is 0. The van der Waals surface area contributed by atoms with Crippen LogP contribution in [0.15, 0.2) is 34.9 Å². The Morgan fingerprint density at radius 3 is 2.92 bits per heavy atom. The van der Waals surface area contributed by atoms with Crippen molar-refractivity contribution < 1.29 is 13.6 Å². The Labute approximate surface area is 154 Å². The van der Waals surface area contributed by atoms with Crippen LogP contribution in [-0.4, -0.2) is 28.9 Å². The van der Waals surface area contributed by atoms with Crippen LogP contribution in [0.5, 0.6) is 0 Å². The van der Waals surface area contributed by atoms with Crippen LogP contribution in [0.2, 0.25) is 0 Å². The molecular formula is C21H27FN2O2. The van der Waals surface area contributed by atoms with Crippen molar-refractivity contribution in [2.75, 3.05) is 13.1 Å². The number of hydrogen-bond acceptors (Lipinski definition) is 3. The lowest BCUT2D eigenvalue weighted by Gasteiger charge is -2.33. The van der Waals surface area contributed by atoms with E-state index >= 15 is 0 Å². The number of aromatic nitrogens is 1. The number of amides is 1. The standard InChI is InChI=1S/C21H27FN2O2/c1-21(2,3)12-19(25)24-9-5-7-16(14-24)20-23-13-18(26-20)11-15-6-4-8-17(22)10-15/h4,6,8,10,13,16H,5,7,9,11-12,14H2,1-3H3/t16-/m0/s1. The first-order chi connectivity index (χ1) is 12.3. The molecule has 1 aromatic heterocycles. The highest BCUT2D eigenvalue weighted by atomic mass is 19.1. The topological polar surface area (TPSA) is 46.3 Å². The SMILES string of the molecule is CC(C)(C)CC(=O)N1CCC[C@H](c2ncc(Cc3cccc(F)c3)o2)C1. The Morgan fingerprint density at radius 1 is 1.38 bits per heavy atom. The number of carbonyl (C=O) groups is 1. The molecule has 0 unspecified atom stereocenters. The van der Waals surface area contributed by atoms with E-state index in [4.69, 9.17) is 4.42 Å². The summed E-state index contributed by atoms with van der Waals surface area (Å²) in [5, 5.41) is 0. The first-order valence-electron chi connectivity index (χ1n) is 9.27. The summed E-state index contributed by atoms with van der Waals surface area (Å²) in [5.74, 6) is 1.50. The molecule has 2 aromatic rings. The molecule has 3 rings (SSSR count). The maximum absolute atomic E-state index is 13.3. The number of nitrogens with zero attached hydrogens (tertiary/aromatic N) is 2. The third-order valence-corrected chi connectivity index (χ3v) is 4.64. The van der Waals surface area contributed by atoms with Crippen LogP contribution in [0, 0.1) is 11.2 Å². The molecule has 1 fully saturated rings. The number of hydrogen-bond donors (Lipinski definition) is 0. The zero-order chi connectivity index (χ0) is 18.7. The predicted molar refractivity (Wildman–Crippen MR) is 98.3 cm³/mol.